The number of rotatable bonds is 3. The van der Waals surface area contributed by atoms with Crippen molar-refractivity contribution in [3.05, 3.63) is 35.9 Å². The van der Waals surface area contributed by atoms with Gasteiger partial charge in [-0.25, -0.2) is 0 Å². The summed E-state index contributed by atoms with van der Waals surface area (Å²) in [6.07, 6.45) is 0.980. The van der Waals surface area contributed by atoms with Gasteiger partial charge in [0.1, 0.15) is 0 Å². The SMILES string of the molecule is N[C@@H](Cc1ccccc1)C(=O)N1CCC(=O)C1. The van der Waals surface area contributed by atoms with Crippen molar-refractivity contribution < 1.29 is 9.59 Å². The maximum Gasteiger partial charge on any atom is 0.240 e. The third-order valence-electron chi connectivity index (χ3n) is 2.96. The van der Waals surface area contributed by atoms with Crippen LogP contribution in [0.1, 0.15) is 12.0 Å². The van der Waals surface area contributed by atoms with E-state index in [4.69, 9.17) is 5.73 Å². The molecule has 0 unspecified atom stereocenters. The second-order valence-corrected chi connectivity index (χ2v) is 4.34. The highest BCUT2D eigenvalue weighted by molar-refractivity contribution is 5.91. The Labute approximate surface area is 100 Å². The van der Waals surface area contributed by atoms with Gasteiger partial charge in [0.05, 0.1) is 12.6 Å². The van der Waals surface area contributed by atoms with Crippen LogP contribution in [-0.2, 0) is 16.0 Å². The second kappa shape index (κ2) is 5.10. The van der Waals surface area contributed by atoms with Gasteiger partial charge >= 0.3 is 0 Å². The minimum absolute atomic E-state index is 0.116. The monoisotopic (exact) mass is 232 g/mol. The van der Waals surface area contributed by atoms with Crippen LogP contribution in [0, 0.1) is 0 Å². The zero-order valence-corrected chi connectivity index (χ0v) is 9.63. The number of nitrogens with two attached hydrogens (primary N) is 1. The van der Waals surface area contributed by atoms with Crippen molar-refractivity contribution in [2.45, 2.75) is 18.9 Å². The molecule has 4 nitrogen and oxygen atoms in total. The van der Waals surface area contributed by atoms with Crippen molar-refractivity contribution in [3.8, 4) is 0 Å². The van der Waals surface area contributed by atoms with Crippen LogP contribution in [0.3, 0.4) is 0 Å². The molecule has 1 aromatic rings. The summed E-state index contributed by atoms with van der Waals surface area (Å²) in [5, 5.41) is 0. The first-order chi connectivity index (χ1) is 8.16. The summed E-state index contributed by atoms with van der Waals surface area (Å²) in [5.41, 5.74) is 6.91. The molecular formula is C13H16N2O2. The fourth-order valence-corrected chi connectivity index (χ4v) is 2.01. The van der Waals surface area contributed by atoms with Gasteiger partial charge in [0.25, 0.3) is 0 Å². The predicted molar refractivity (Wildman–Crippen MR) is 64.3 cm³/mol. The molecule has 0 bridgehead atoms. The maximum atomic E-state index is 11.9. The van der Waals surface area contributed by atoms with Crippen molar-refractivity contribution in [1.82, 2.24) is 4.90 Å². The minimum atomic E-state index is -0.553. The Kier molecular flexibility index (Phi) is 3.54. The molecule has 0 saturated carbocycles. The lowest BCUT2D eigenvalue weighted by Crippen LogP contribution is -2.43. The minimum Gasteiger partial charge on any atom is -0.334 e. The number of hydrogen-bond acceptors (Lipinski definition) is 3. The van der Waals surface area contributed by atoms with E-state index in [0.29, 0.717) is 19.4 Å². The molecule has 1 aromatic carbocycles. The highest BCUT2D eigenvalue weighted by Crippen LogP contribution is 2.09. The number of amides is 1. The van der Waals surface area contributed by atoms with Gasteiger partial charge in [-0.1, -0.05) is 30.3 Å². The molecule has 90 valence electrons. The van der Waals surface area contributed by atoms with E-state index in [1.807, 2.05) is 30.3 Å². The molecule has 1 heterocycles. The van der Waals surface area contributed by atoms with Crippen LogP contribution in [0.5, 0.6) is 0 Å². The van der Waals surface area contributed by atoms with E-state index < -0.39 is 6.04 Å². The molecule has 0 spiro atoms. The number of ketones is 1. The van der Waals surface area contributed by atoms with Crippen molar-refractivity contribution in [3.63, 3.8) is 0 Å². The van der Waals surface area contributed by atoms with Gasteiger partial charge in [-0.05, 0) is 12.0 Å². The molecule has 1 aliphatic rings. The normalized spacial score (nSPS) is 17.2. The van der Waals surface area contributed by atoms with Gasteiger partial charge in [0, 0.05) is 13.0 Å². The molecule has 2 N–H and O–H groups in total. The Hall–Kier alpha value is -1.68. The Morgan fingerprint density at radius 1 is 1.35 bits per heavy atom. The number of carbonyl (C=O) groups excluding carboxylic acids is 2. The lowest BCUT2D eigenvalue weighted by molar-refractivity contribution is -0.132. The predicted octanol–water partition coefficient (Wildman–Crippen LogP) is 0.358. The van der Waals surface area contributed by atoms with Crippen molar-refractivity contribution >= 4 is 11.7 Å². The zero-order valence-electron chi connectivity index (χ0n) is 9.63. The van der Waals surface area contributed by atoms with E-state index in [0.717, 1.165) is 5.56 Å². The molecule has 0 aromatic heterocycles. The van der Waals surface area contributed by atoms with E-state index in [2.05, 4.69) is 0 Å². The number of benzene rings is 1. The fourth-order valence-electron chi connectivity index (χ4n) is 2.01. The largest absolute Gasteiger partial charge is 0.334 e. The maximum absolute atomic E-state index is 11.9. The first-order valence-corrected chi connectivity index (χ1v) is 5.77. The lowest BCUT2D eigenvalue weighted by atomic mass is 10.1. The summed E-state index contributed by atoms with van der Waals surface area (Å²) in [4.78, 5) is 24.6. The number of Topliss-reactive ketones (excluding diaryl/α,β-unsaturated/α-hetero) is 1. The van der Waals surface area contributed by atoms with Crippen LogP contribution in [0.4, 0.5) is 0 Å². The molecule has 0 radical (unpaired) electrons. The summed E-state index contributed by atoms with van der Waals surface area (Å²) < 4.78 is 0. The molecule has 0 aliphatic carbocycles. The fraction of sp³-hybridized carbons (Fsp3) is 0.385. The van der Waals surface area contributed by atoms with E-state index in [-0.39, 0.29) is 18.2 Å². The first kappa shape index (κ1) is 11.8. The van der Waals surface area contributed by atoms with Crippen molar-refractivity contribution in [2.24, 2.45) is 5.73 Å². The molecular weight excluding hydrogens is 216 g/mol. The first-order valence-electron chi connectivity index (χ1n) is 5.77. The van der Waals surface area contributed by atoms with Crippen LogP contribution in [-0.4, -0.2) is 35.7 Å². The molecule has 1 fully saturated rings. The zero-order chi connectivity index (χ0) is 12.3. The Morgan fingerprint density at radius 3 is 2.65 bits per heavy atom. The van der Waals surface area contributed by atoms with E-state index >= 15 is 0 Å². The van der Waals surface area contributed by atoms with E-state index in [1.54, 1.807) is 4.90 Å². The number of nitrogens with zero attached hydrogens (tertiary/aromatic N) is 1. The number of carbonyl (C=O) groups is 2. The van der Waals surface area contributed by atoms with Crippen LogP contribution >= 0.6 is 0 Å². The second-order valence-electron chi connectivity index (χ2n) is 4.34. The van der Waals surface area contributed by atoms with Gasteiger partial charge in [-0.3, -0.25) is 9.59 Å². The number of hydrogen-bond donors (Lipinski definition) is 1. The molecule has 17 heavy (non-hydrogen) atoms. The molecule has 1 atom stereocenters. The molecule has 1 aliphatic heterocycles. The molecule has 1 saturated heterocycles. The summed E-state index contributed by atoms with van der Waals surface area (Å²) in [5.74, 6) is -0.00929. The Morgan fingerprint density at radius 2 is 2.06 bits per heavy atom. The summed E-state index contributed by atoms with van der Waals surface area (Å²) >= 11 is 0. The van der Waals surface area contributed by atoms with Crippen LogP contribution < -0.4 is 5.73 Å². The van der Waals surface area contributed by atoms with Crippen LogP contribution in [0.25, 0.3) is 0 Å². The topological polar surface area (TPSA) is 63.4 Å². The van der Waals surface area contributed by atoms with E-state index in [1.165, 1.54) is 0 Å². The average Bonchev–Trinajstić information content (AvgIpc) is 2.76. The van der Waals surface area contributed by atoms with Crippen LogP contribution in [0.15, 0.2) is 30.3 Å². The average molecular weight is 232 g/mol. The summed E-state index contributed by atoms with van der Waals surface area (Å²) in [6, 6.07) is 9.11. The highest BCUT2D eigenvalue weighted by Gasteiger charge is 2.27. The van der Waals surface area contributed by atoms with Gasteiger partial charge < -0.3 is 10.6 Å². The van der Waals surface area contributed by atoms with Gasteiger partial charge in [0.15, 0.2) is 5.78 Å². The third kappa shape index (κ3) is 2.91. The summed E-state index contributed by atoms with van der Waals surface area (Å²) in [6.45, 7) is 0.738. The smallest absolute Gasteiger partial charge is 0.240 e. The Balaban J connectivity index is 1.94. The lowest BCUT2D eigenvalue weighted by Gasteiger charge is -2.19. The van der Waals surface area contributed by atoms with Crippen molar-refractivity contribution in [2.75, 3.05) is 13.1 Å². The molecule has 2 rings (SSSR count). The van der Waals surface area contributed by atoms with Crippen molar-refractivity contribution in [1.29, 1.82) is 0 Å². The Bertz CT molecular complexity index is 417. The van der Waals surface area contributed by atoms with Gasteiger partial charge in [-0.2, -0.15) is 0 Å². The highest BCUT2D eigenvalue weighted by atomic mass is 16.2. The number of likely N-dealkylation sites (tertiary alicyclic amines) is 1. The quantitative estimate of drug-likeness (QED) is 0.818. The van der Waals surface area contributed by atoms with Gasteiger partial charge in [-0.15, -0.1) is 0 Å². The standard InChI is InChI=1S/C13H16N2O2/c14-12(8-10-4-2-1-3-5-10)13(17)15-7-6-11(16)9-15/h1-5,12H,6-9,14H2/t12-/m0/s1. The molecule has 1 amide bonds. The van der Waals surface area contributed by atoms with E-state index in [9.17, 15) is 9.59 Å². The summed E-state index contributed by atoms with van der Waals surface area (Å²) in [7, 11) is 0. The van der Waals surface area contributed by atoms with Crippen LogP contribution in [0.2, 0.25) is 0 Å². The third-order valence-corrected chi connectivity index (χ3v) is 2.96. The van der Waals surface area contributed by atoms with Gasteiger partial charge in [0.2, 0.25) is 5.91 Å². The molecule has 4 heteroatoms.